The van der Waals surface area contributed by atoms with Gasteiger partial charge in [-0.25, -0.2) is 9.78 Å². The maximum Gasteiger partial charge on any atom is 0.407 e. The number of carbonyl (C=O) groups is 1. The van der Waals surface area contributed by atoms with Crippen molar-refractivity contribution < 1.29 is 9.53 Å². The van der Waals surface area contributed by atoms with E-state index in [1.54, 1.807) is 0 Å². The number of aliphatic imine (C=N–C) groups is 1. The zero-order valence-corrected chi connectivity index (χ0v) is 18.0. The third-order valence-electron chi connectivity index (χ3n) is 4.54. The Hall–Kier alpha value is -2.25. The fourth-order valence-electron chi connectivity index (χ4n) is 3.19. The molecule has 1 aliphatic heterocycles. The number of hydrogen-bond donors (Lipinski definition) is 2. The highest BCUT2D eigenvalue weighted by Gasteiger charge is 2.27. The van der Waals surface area contributed by atoms with Crippen molar-refractivity contribution in [3.8, 4) is 0 Å². The molecule has 2 heterocycles. The van der Waals surface area contributed by atoms with Crippen LogP contribution in [0.1, 0.15) is 52.8 Å². The van der Waals surface area contributed by atoms with Crippen LogP contribution in [-0.4, -0.2) is 64.3 Å². The monoisotopic (exact) mass is 392 g/mol. The number of alkyl carbamates (subject to hydrolysis) is 1. The Balaban J connectivity index is 1.77. The lowest BCUT2D eigenvalue weighted by atomic mass is 10.2. The molecule has 1 aromatic rings. The first kappa shape index (κ1) is 22.0. The van der Waals surface area contributed by atoms with Gasteiger partial charge in [0, 0.05) is 45.1 Å². The lowest BCUT2D eigenvalue weighted by molar-refractivity contribution is 0.0507. The van der Waals surface area contributed by atoms with Crippen molar-refractivity contribution >= 4 is 12.1 Å². The van der Waals surface area contributed by atoms with Crippen molar-refractivity contribution in [2.45, 2.75) is 72.1 Å². The van der Waals surface area contributed by atoms with Crippen LogP contribution in [0.15, 0.2) is 17.4 Å². The van der Waals surface area contributed by atoms with E-state index in [0.29, 0.717) is 0 Å². The van der Waals surface area contributed by atoms with Gasteiger partial charge in [0.15, 0.2) is 5.96 Å². The largest absolute Gasteiger partial charge is 0.444 e. The van der Waals surface area contributed by atoms with Gasteiger partial charge in [-0.3, -0.25) is 4.99 Å². The molecule has 0 spiro atoms. The van der Waals surface area contributed by atoms with Gasteiger partial charge >= 0.3 is 6.09 Å². The summed E-state index contributed by atoms with van der Waals surface area (Å²) in [5.41, 5.74) is -0.478. The molecule has 1 saturated heterocycles. The predicted molar refractivity (Wildman–Crippen MR) is 112 cm³/mol. The first-order valence-corrected chi connectivity index (χ1v) is 10.3. The number of guanidine groups is 1. The predicted octanol–water partition coefficient (Wildman–Crippen LogP) is 2.54. The number of carbonyl (C=O) groups excluding carboxylic acids is 1. The zero-order chi connectivity index (χ0) is 20.6. The summed E-state index contributed by atoms with van der Waals surface area (Å²) in [5, 5.41) is 6.33. The fraction of sp³-hybridized carbons (Fsp3) is 0.750. The van der Waals surface area contributed by atoms with Gasteiger partial charge in [0.2, 0.25) is 0 Å². The quantitative estimate of drug-likeness (QED) is 0.423. The summed E-state index contributed by atoms with van der Waals surface area (Å²) in [6.07, 6.45) is 6.50. The summed E-state index contributed by atoms with van der Waals surface area (Å²) in [6, 6.07) is 0.0860. The number of nitrogens with one attached hydrogen (secondary N) is 2. The fourth-order valence-corrected chi connectivity index (χ4v) is 3.19. The van der Waals surface area contributed by atoms with E-state index < -0.39 is 5.60 Å². The number of ether oxygens (including phenoxy) is 1. The van der Waals surface area contributed by atoms with Crippen molar-refractivity contribution in [3.63, 3.8) is 0 Å². The number of hydrogen-bond acceptors (Lipinski definition) is 4. The van der Waals surface area contributed by atoms with Gasteiger partial charge in [-0.05, 0) is 53.9 Å². The van der Waals surface area contributed by atoms with Gasteiger partial charge in [-0.2, -0.15) is 0 Å². The summed E-state index contributed by atoms with van der Waals surface area (Å²) >= 11 is 0. The van der Waals surface area contributed by atoms with Crippen molar-refractivity contribution in [1.29, 1.82) is 0 Å². The van der Waals surface area contributed by atoms with Gasteiger partial charge < -0.3 is 24.8 Å². The number of aryl methyl sites for hydroxylation is 2. The highest BCUT2D eigenvalue weighted by atomic mass is 16.6. The summed E-state index contributed by atoms with van der Waals surface area (Å²) in [5.74, 6) is 1.98. The van der Waals surface area contributed by atoms with E-state index in [-0.39, 0.29) is 12.1 Å². The van der Waals surface area contributed by atoms with Gasteiger partial charge in [0.05, 0.1) is 6.04 Å². The Bertz CT molecular complexity index is 649. The highest BCUT2D eigenvalue weighted by molar-refractivity contribution is 5.80. The number of aromatic nitrogens is 2. The van der Waals surface area contributed by atoms with Crippen LogP contribution >= 0.6 is 0 Å². The smallest absolute Gasteiger partial charge is 0.407 e. The second kappa shape index (κ2) is 10.3. The summed E-state index contributed by atoms with van der Waals surface area (Å²) < 4.78 is 7.52. The van der Waals surface area contributed by atoms with Gasteiger partial charge in [-0.1, -0.05) is 0 Å². The van der Waals surface area contributed by atoms with Crippen LogP contribution < -0.4 is 10.6 Å². The minimum Gasteiger partial charge on any atom is -0.444 e. The van der Waals surface area contributed by atoms with E-state index in [1.807, 2.05) is 40.1 Å². The molecule has 0 radical (unpaired) electrons. The molecule has 1 atom stereocenters. The van der Waals surface area contributed by atoms with Crippen molar-refractivity contribution in [3.05, 3.63) is 18.2 Å². The number of amides is 1. The number of imidazole rings is 1. The Labute approximate surface area is 168 Å². The Morgan fingerprint density at radius 2 is 2.18 bits per heavy atom. The summed E-state index contributed by atoms with van der Waals surface area (Å²) in [6.45, 7) is 13.9. The lowest BCUT2D eigenvalue weighted by Crippen LogP contribution is -2.44. The van der Waals surface area contributed by atoms with Crippen molar-refractivity contribution in [2.24, 2.45) is 4.99 Å². The maximum absolute atomic E-state index is 12.0. The lowest BCUT2D eigenvalue weighted by Gasteiger charge is -2.23. The van der Waals surface area contributed by atoms with Crippen LogP contribution in [-0.2, 0) is 11.3 Å². The van der Waals surface area contributed by atoms with Crippen molar-refractivity contribution in [1.82, 2.24) is 25.1 Å². The van der Waals surface area contributed by atoms with E-state index in [4.69, 9.17) is 9.73 Å². The second-order valence-corrected chi connectivity index (χ2v) is 8.19. The van der Waals surface area contributed by atoms with Gasteiger partial charge in [-0.15, -0.1) is 0 Å². The summed E-state index contributed by atoms with van der Waals surface area (Å²) in [7, 11) is 0. The van der Waals surface area contributed by atoms with E-state index in [9.17, 15) is 4.79 Å². The molecule has 1 amide bonds. The molecule has 1 aromatic heterocycles. The van der Waals surface area contributed by atoms with E-state index in [0.717, 1.165) is 63.8 Å². The first-order chi connectivity index (χ1) is 13.3. The molecule has 0 saturated carbocycles. The average Bonchev–Trinajstić information content (AvgIpc) is 3.21. The molecule has 158 valence electrons. The summed E-state index contributed by atoms with van der Waals surface area (Å²) in [4.78, 5) is 23.2. The maximum atomic E-state index is 12.0. The molecule has 8 heteroatoms. The molecular weight excluding hydrogens is 356 g/mol. The van der Waals surface area contributed by atoms with E-state index in [1.165, 1.54) is 0 Å². The molecule has 0 aromatic carbocycles. The number of rotatable bonds is 7. The normalized spacial score (nSPS) is 17.7. The first-order valence-electron chi connectivity index (χ1n) is 10.3. The minimum atomic E-state index is -0.478. The zero-order valence-electron chi connectivity index (χ0n) is 18.0. The van der Waals surface area contributed by atoms with Crippen LogP contribution in [0.3, 0.4) is 0 Å². The van der Waals surface area contributed by atoms with Crippen LogP contribution in [0.2, 0.25) is 0 Å². The third-order valence-corrected chi connectivity index (χ3v) is 4.54. The molecule has 2 N–H and O–H groups in total. The van der Waals surface area contributed by atoms with Crippen LogP contribution in [0.5, 0.6) is 0 Å². The molecule has 1 unspecified atom stereocenters. The van der Waals surface area contributed by atoms with E-state index in [2.05, 4.69) is 32.0 Å². The molecule has 0 aliphatic carbocycles. The van der Waals surface area contributed by atoms with Crippen LogP contribution in [0, 0.1) is 6.92 Å². The molecule has 1 aliphatic rings. The standard InChI is InChI=1S/C20H36N6O2/c1-6-21-18(23-10-7-8-12-25-14-11-22-16(25)2)26-13-9-17(15-26)24-19(27)28-20(3,4)5/h11,14,17H,6-10,12-13,15H2,1-5H3,(H,21,23)(H,24,27). The number of nitrogens with zero attached hydrogens (tertiary/aromatic N) is 4. The number of unbranched alkanes of at least 4 members (excludes halogenated alkanes) is 1. The molecule has 2 rings (SSSR count). The van der Waals surface area contributed by atoms with Crippen LogP contribution in [0.4, 0.5) is 4.79 Å². The number of likely N-dealkylation sites (tertiary alicyclic amines) is 1. The molecule has 1 fully saturated rings. The molecule has 8 nitrogen and oxygen atoms in total. The molecule has 0 bridgehead atoms. The Kier molecular flexibility index (Phi) is 8.14. The molecule has 28 heavy (non-hydrogen) atoms. The minimum absolute atomic E-state index is 0.0860. The Morgan fingerprint density at radius 1 is 1.39 bits per heavy atom. The van der Waals surface area contributed by atoms with Gasteiger partial charge in [0.1, 0.15) is 11.4 Å². The second-order valence-electron chi connectivity index (χ2n) is 8.19. The Morgan fingerprint density at radius 3 is 2.82 bits per heavy atom. The topological polar surface area (TPSA) is 83.8 Å². The third kappa shape index (κ3) is 7.40. The average molecular weight is 393 g/mol. The molecular formula is C20H36N6O2. The van der Waals surface area contributed by atoms with Gasteiger partial charge in [0.25, 0.3) is 0 Å². The van der Waals surface area contributed by atoms with Crippen molar-refractivity contribution in [2.75, 3.05) is 26.2 Å². The van der Waals surface area contributed by atoms with Crippen LogP contribution in [0.25, 0.3) is 0 Å². The van der Waals surface area contributed by atoms with E-state index >= 15 is 0 Å². The highest BCUT2D eigenvalue weighted by Crippen LogP contribution is 2.12. The SMILES string of the molecule is CCNC(=NCCCCn1ccnc1C)N1CCC(NC(=O)OC(C)(C)C)C1.